The largest absolute Gasteiger partial charge is 0.356 e. The van der Waals surface area contributed by atoms with E-state index in [-0.39, 0.29) is 0 Å². The van der Waals surface area contributed by atoms with Crippen LogP contribution < -0.4 is 5.32 Å². The Labute approximate surface area is 116 Å². The van der Waals surface area contributed by atoms with Crippen LogP contribution in [0, 0.1) is 0 Å². The molecule has 0 atom stereocenters. The summed E-state index contributed by atoms with van der Waals surface area (Å²) < 4.78 is 0. The highest BCUT2D eigenvalue weighted by Crippen LogP contribution is 2.21. The van der Waals surface area contributed by atoms with E-state index in [4.69, 9.17) is 0 Å². The quantitative estimate of drug-likeness (QED) is 0.781. The van der Waals surface area contributed by atoms with E-state index < -0.39 is 0 Å². The van der Waals surface area contributed by atoms with Gasteiger partial charge in [0.1, 0.15) is 5.01 Å². The minimum atomic E-state index is 0.777. The summed E-state index contributed by atoms with van der Waals surface area (Å²) in [6.45, 7) is 2.87. The van der Waals surface area contributed by atoms with E-state index in [1.54, 1.807) is 11.3 Å². The highest BCUT2D eigenvalue weighted by molar-refractivity contribution is 7.15. The van der Waals surface area contributed by atoms with E-state index in [0.717, 1.165) is 23.1 Å². The van der Waals surface area contributed by atoms with E-state index >= 15 is 0 Å². The molecule has 4 heteroatoms. The molecule has 0 saturated heterocycles. The summed E-state index contributed by atoms with van der Waals surface area (Å²) in [5, 5.41) is 16.1. The third-order valence-corrected chi connectivity index (χ3v) is 4.10. The van der Waals surface area contributed by atoms with Crippen LogP contribution in [-0.2, 0) is 13.0 Å². The lowest BCUT2D eigenvalue weighted by Crippen LogP contribution is -1.99. The van der Waals surface area contributed by atoms with Gasteiger partial charge < -0.3 is 5.32 Å². The molecule has 96 valence electrons. The molecular weight excluding hydrogens is 254 g/mol. The fraction of sp³-hybridized carbons (Fsp3) is 0.200. The van der Waals surface area contributed by atoms with Gasteiger partial charge in [-0.05, 0) is 22.8 Å². The fourth-order valence-electron chi connectivity index (χ4n) is 2.09. The molecule has 0 saturated carbocycles. The van der Waals surface area contributed by atoms with Gasteiger partial charge in [-0.25, -0.2) is 0 Å². The second kappa shape index (κ2) is 5.36. The summed E-state index contributed by atoms with van der Waals surface area (Å²) in [6.07, 6.45) is 0.938. The highest BCUT2D eigenvalue weighted by atomic mass is 32.1. The molecule has 0 radical (unpaired) electrons. The SMILES string of the molecule is CCc1nnc(NCc2cccc3ccccc23)s1. The Kier molecular flexibility index (Phi) is 3.42. The summed E-state index contributed by atoms with van der Waals surface area (Å²) in [4.78, 5) is 0. The molecule has 0 spiro atoms. The Morgan fingerprint density at radius 3 is 2.74 bits per heavy atom. The van der Waals surface area contributed by atoms with Gasteiger partial charge in [-0.3, -0.25) is 0 Å². The zero-order valence-electron chi connectivity index (χ0n) is 10.8. The number of aryl methyl sites for hydroxylation is 1. The van der Waals surface area contributed by atoms with Crippen molar-refractivity contribution in [3.8, 4) is 0 Å². The van der Waals surface area contributed by atoms with Crippen molar-refractivity contribution in [1.29, 1.82) is 0 Å². The molecule has 2 aromatic carbocycles. The maximum atomic E-state index is 4.14. The fourth-order valence-corrected chi connectivity index (χ4v) is 2.76. The first-order valence-corrected chi connectivity index (χ1v) is 7.21. The van der Waals surface area contributed by atoms with Gasteiger partial charge in [0.05, 0.1) is 0 Å². The molecule has 0 fully saturated rings. The Hall–Kier alpha value is -1.94. The van der Waals surface area contributed by atoms with E-state index in [9.17, 15) is 0 Å². The van der Waals surface area contributed by atoms with E-state index in [1.165, 1.54) is 16.3 Å². The van der Waals surface area contributed by atoms with Crippen LogP contribution in [0.25, 0.3) is 10.8 Å². The maximum absolute atomic E-state index is 4.14. The van der Waals surface area contributed by atoms with Gasteiger partial charge in [-0.1, -0.05) is 60.7 Å². The summed E-state index contributed by atoms with van der Waals surface area (Å²) >= 11 is 1.62. The first kappa shape index (κ1) is 12.1. The lowest BCUT2D eigenvalue weighted by Gasteiger charge is -2.06. The van der Waals surface area contributed by atoms with Crippen LogP contribution in [-0.4, -0.2) is 10.2 Å². The van der Waals surface area contributed by atoms with E-state index in [0.29, 0.717) is 0 Å². The average molecular weight is 269 g/mol. The van der Waals surface area contributed by atoms with Crippen LogP contribution in [0.1, 0.15) is 17.5 Å². The van der Waals surface area contributed by atoms with Crippen LogP contribution in [0.2, 0.25) is 0 Å². The number of benzene rings is 2. The highest BCUT2D eigenvalue weighted by Gasteiger charge is 2.03. The lowest BCUT2D eigenvalue weighted by molar-refractivity contribution is 0.976. The van der Waals surface area contributed by atoms with Gasteiger partial charge in [0.25, 0.3) is 0 Å². The van der Waals surface area contributed by atoms with E-state index in [2.05, 4.69) is 64.9 Å². The second-order valence-corrected chi connectivity index (χ2v) is 5.41. The van der Waals surface area contributed by atoms with Crippen LogP contribution in [0.3, 0.4) is 0 Å². The number of fused-ring (bicyclic) bond motifs is 1. The van der Waals surface area contributed by atoms with Crippen LogP contribution >= 0.6 is 11.3 Å². The van der Waals surface area contributed by atoms with Gasteiger partial charge in [0, 0.05) is 6.54 Å². The van der Waals surface area contributed by atoms with Crippen molar-refractivity contribution in [3.05, 3.63) is 53.0 Å². The Balaban J connectivity index is 1.81. The first-order chi connectivity index (χ1) is 9.36. The number of hydrogen-bond donors (Lipinski definition) is 1. The molecule has 0 amide bonds. The zero-order chi connectivity index (χ0) is 13.1. The molecule has 19 heavy (non-hydrogen) atoms. The predicted octanol–water partition coefficient (Wildman–Crippen LogP) is 3.87. The average Bonchev–Trinajstić information content (AvgIpc) is 2.93. The van der Waals surface area contributed by atoms with Crippen molar-refractivity contribution in [2.24, 2.45) is 0 Å². The van der Waals surface area contributed by atoms with Crippen molar-refractivity contribution in [2.45, 2.75) is 19.9 Å². The molecule has 1 N–H and O–H groups in total. The van der Waals surface area contributed by atoms with Crippen LogP contribution in [0.5, 0.6) is 0 Å². The molecule has 3 aromatic rings. The molecule has 0 bridgehead atoms. The summed E-state index contributed by atoms with van der Waals surface area (Å²) in [6, 6.07) is 14.8. The molecule has 0 aliphatic rings. The van der Waals surface area contributed by atoms with Crippen LogP contribution in [0.15, 0.2) is 42.5 Å². The first-order valence-electron chi connectivity index (χ1n) is 6.39. The van der Waals surface area contributed by atoms with Gasteiger partial charge in [-0.2, -0.15) is 0 Å². The van der Waals surface area contributed by atoms with Crippen molar-refractivity contribution in [3.63, 3.8) is 0 Å². The minimum absolute atomic E-state index is 0.777. The third-order valence-electron chi connectivity index (χ3n) is 3.08. The molecule has 3 rings (SSSR count). The van der Waals surface area contributed by atoms with Crippen LogP contribution in [0.4, 0.5) is 5.13 Å². The number of rotatable bonds is 4. The molecule has 0 aliphatic heterocycles. The Bertz CT molecular complexity index is 685. The second-order valence-electron chi connectivity index (χ2n) is 4.35. The zero-order valence-corrected chi connectivity index (χ0v) is 11.6. The van der Waals surface area contributed by atoms with Crippen molar-refractivity contribution in [1.82, 2.24) is 10.2 Å². The smallest absolute Gasteiger partial charge is 0.205 e. The van der Waals surface area contributed by atoms with E-state index in [1.807, 2.05) is 0 Å². The standard InChI is InChI=1S/C15H15N3S/c1-2-14-17-18-15(19-14)16-10-12-8-5-7-11-6-3-4-9-13(11)12/h3-9H,2,10H2,1H3,(H,16,18). The Morgan fingerprint density at radius 2 is 1.89 bits per heavy atom. The summed E-state index contributed by atoms with van der Waals surface area (Å²) in [5.74, 6) is 0. The Morgan fingerprint density at radius 1 is 1.05 bits per heavy atom. The summed E-state index contributed by atoms with van der Waals surface area (Å²) in [7, 11) is 0. The number of nitrogens with zero attached hydrogens (tertiary/aromatic N) is 2. The van der Waals surface area contributed by atoms with Crippen molar-refractivity contribution in [2.75, 3.05) is 5.32 Å². The van der Waals surface area contributed by atoms with Gasteiger partial charge in [0.15, 0.2) is 0 Å². The summed E-state index contributed by atoms with van der Waals surface area (Å²) in [5.41, 5.74) is 1.28. The molecule has 0 aliphatic carbocycles. The van der Waals surface area contributed by atoms with Gasteiger partial charge >= 0.3 is 0 Å². The minimum Gasteiger partial charge on any atom is -0.356 e. The van der Waals surface area contributed by atoms with Gasteiger partial charge in [0.2, 0.25) is 5.13 Å². The maximum Gasteiger partial charge on any atom is 0.205 e. The number of nitrogens with one attached hydrogen (secondary N) is 1. The monoisotopic (exact) mass is 269 g/mol. The molecule has 1 heterocycles. The third kappa shape index (κ3) is 2.58. The van der Waals surface area contributed by atoms with Gasteiger partial charge in [-0.15, -0.1) is 10.2 Å². The molecular formula is C15H15N3S. The predicted molar refractivity (Wildman–Crippen MR) is 80.6 cm³/mol. The topological polar surface area (TPSA) is 37.8 Å². The molecule has 0 unspecified atom stereocenters. The number of hydrogen-bond acceptors (Lipinski definition) is 4. The lowest BCUT2D eigenvalue weighted by atomic mass is 10.0. The molecule has 3 nitrogen and oxygen atoms in total. The molecule has 1 aromatic heterocycles. The number of aromatic nitrogens is 2. The van der Waals surface area contributed by atoms with Crippen molar-refractivity contribution >= 4 is 27.2 Å². The number of anilines is 1. The van der Waals surface area contributed by atoms with Crippen molar-refractivity contribution < 1.29 is 0 Å². The normalized spacial score (nSPS) is 10.8.